The van der Waals surface area contributed by atoms with Crippen LogP contribution in [0.5, 0.6) is 5.75 Å². The number of hydrogen-bond acceptors (Lipinski definition) is 5. The summed E-state index contributed by atoms with van der Waals surface area (Å²) in [7, 11) is 0. The molecule has 2 aromatic carbocycles. The molecule has 6 nitrogen and oxygen atoms in total. The molecule has 1 aromatic heterocycles. The van der Waals surface area contributed by atoms with Gasteiger partial charge in [-0.25, -0.2) is 4.79 Å². The predicted octanol–water partition coefficient (Wildman–Crippen LogP) is 2.93. The van der Waals surface area contributed by atoms with Crippen LogP contribution in [-0.2, 0) is 4.79 Å². The van der Waals surface area contributed by atoms with Crippen LogP contribution >= 0.6 is 0 Å². The van der Waals surface area contributed by atoms with E-state index in [4.69, 9.17) is 9.15 Å². The molecule has 0 bridgehead atoms. The molecule has 0 radical (unpaired) electrons. The Morgan fingerprint density at radius 1 is 1.04 bits per heavy atom. The number of benzene rings is 2. The van der Waals surface area contributed by atoms with Gasteiger partial charge in [0.2, 0.25) is 0 Å². The van der Waals surface area contributed by atoms with E-state index < -0.39 is 0 Å². The first-order valence-corrected chi connectivity index (χ1v) is 9.78. The Morgan fingerprint density at radius 3 is 2.64 bits per heavy atom. The fourth-order valence-corrected chi connectivity index (χ4v) is 3.69. The molecule has 146 valence electrons. The average molecular weight is 380 g/mol. The lowest BCUT2D eigenvalue weighted by molar-refractivity contribution is -0.123. The Bertz CT molecular complexity index is 1040. The maximum absolute atomic E-state index is 12.1. The second kappa shape index (κ2) is 8.44. The van der Waals surface area contributed by atoms with Crippen molar-refractivity contribution in [3.05, 3.63) is 52.9 Å². The van der Waals surface area contributed by atoms with Gasteiger partial charge in [-0.3, -0.25) is 4.79 Å². The van der Waals surface area contributed by atoms with E-state index in [9.17, 15) is 9.59 Å². The van der Waals surface area contributed by atoms with E-state index in [0.29, 0.717) is 23.3 Å². The third-order valence-corrected chi connectivity index (χ3v) is 5.16. The second-order valence-corrected chi connectivity index (χ2v) is 7.13. The van der Waals surface area contributed by atoms with Crippen molar-refractivity contribution in [1.82, 2.24) is 10.2 Å². The molecule has 0 spiro atoms. The van der Waals surface area contributed by atoms with Gasteiger partial charge in [-0.2, -0.15) is 0 Å². The average Bonchev–Trinajstić information content (AvgIpc) is 2.73. The Morgan fingerprint density at radius 2 is 1.82 bits per heavy atom. The Hall–Kier alpha value is -2.86. The Kier molecular flexibility index (Phi) is 5.58. The molecule has 1 fully saturated rings. The van der Waals surface area contributed by atoms with E-state index in [2.05, 4.69) is 10.2 Å². The number of fused-ring (bicyclic) bond motifs is 3. The topological polar surface area (TPSA) is 71.8 Å². The van der Waals surface area contributed by atoms with Gasteiger partial charge in [0.05, 0.1) is 5.39 Å². The molecular weight excluding hydrogens is 356 g/mol. The summed E-state index contributed by atoms with van der Waals surface area (Å²) in [6.45, 7) is 3.66. The number of ether oxygens (including phenoxy) is 1. The number of carbonyl (C=O) groups excluding carboxylic acids is 1. The van der Waals surface area contributed by atoms with Gasteiger partial charge in [-0.05, 0) is 49.5 Å². The van der Waals surface area contributed by atoms with Crippen LogP contribution in [0, 0.1) is 0 Å². The van der Waals surface area contributed by atoms with Crippen molar-refractivity contribution in [2.75, 3.05) is 32.8 Å². The van der Waals surface area contributed by atoms with Gasteiger partial charge in [0, 0.05) is 24.5 Å². The van der Waals surface area contributed by atoms with Crippen LogP contribution in [-0.4, -0.2) is 43.6 Å². The summed E-state index contributed by atoms with van der Waals surface area (Å²) in [5.41, 5.74) is 0.0717. The summed E-state index contributed by atoms with van der Waals surface area (Å²) in [6, 6.07) is 12.6. The minimum atomic E-state index is -0.379. The molecule has 1 aliphatic heterocycles. The van der Waals surface area contributed by atoms with Crippen molar-refractivity contribution in [2.24, 2.45) is 0 Å². The molecule has 28 heavy (non-hydrogen) atoms. The lowest BCUT2D eigenvalue weighted by atomic mass is 10.1. The quantitative estimate of drug-likeness (QED) is 0.526. The van der Waals surface area contributed by atoms with Gasteiger partial charge in [-0.1, -0.05) is 24.6 Å². The van der Waals surface area contributed by atoms with Gasteiger partial charge >= 0.3 is 5.63 Å². The monoisotopic (exact) mass is 380 g/mol. The SMILES string of the molecule is O=C(COc1ccc2c(c1)oc(=O)c1ccccc12)NCCN1CCCCC1. The molecule has 0 aliphatic carbocycles. The molecular formula is C22H24N2O4. The first-order chi connectivity index (χ1) is 13.7. The molecule has 2 heterocycles. The smallest absolute Gasteiger partial charge is 0.344 e. The van der Waals surface area contributed by atoms with Gasteiger partial charge in [0.25, 0.3) is 5.91 Å². The van der Waals surface area contributed by atoms with Gasteiger partial charge in [-0.15, -0.1) is 0 Å². The van der Waals surface area contributed by atoms with Crippen LogP contribution in [0.3, 0.4) is 0 Å². The van der Waals surface area contributed by atoms with Gasteiger partial charge in [0.1, 0.15) is 11.3 Å². The number of nitrogens with zero attached hydrogens (tertiary/aromatic N) is 1. The summed E-state index contributed by atoms with van der Waals surface area (Å²) >= 11 is 0. The van der Waals surface area contributed by atoms with Crippen molar-refractivity contribution in [1.29, 1.82) is 0 Å². The van der Waals surface area contributed by atoms with E-state index in [0.717, 1.165) is 30.4 Å². The number of piperidine rings is 1. The van der Waals surface area contributed by atoms with Crippen molar-refractivity contribution < 1.29 is 13.9 Å². The summed E-state index contributed by atoms with van der Waals surface area (Å²) < 4.78 is 11.0. The molecule has 1 aliphatic rings. The summed E-state index contributed by atoms with van der Waals surface area (Å²) in [5.74, 6) is 0.342. The number of carbonyl (C=O) groups is 1. The first-order valence-electron chi connectivity index (χ1n) is 9.78. The zero-order chi connectivity index (χ0) is 19.3. The van der Waals surface area contributed by atoms with Crippen molar-refractivity contribution in [3.63, 3.8) is 0 Å². The molecule has 0 unspecified atom stereocenters. The van der Waals surface area contributed by atoms with E-state index in [1.807, 2.05) is 24.3 Å². The third kappa shape index (κ3) is 4.17. The molecule has 3 aromatic rings. The molecule has 1 amide bonds. The zero-order valence-electron chi connectivity index (χ0n) is 15.8. The molecule has 0 atom stereocenters. The number of nitrogens with one attached hydrogen (secondary N) is 1. The van der Waals surface area contributed by atoms with Gasteiger partial charge in [0.15, 0.2) is 6.61 Å². The van der Waals surface area contributed by atoms with Crippen LogP contribution in [0.15, 0.2) is 51.7 Å². The summed E-state index contributed by atoms with van der Waals surface area (Å²) in [6.07, 6.45) is 3.78. The molecule has 1 N–H and O–H groups in total. The lowest BCUT2D eigenvalue weighted by Crippen LogP contribution is -2.39. The number of hydrogen-bond donors (Lipinski definition) is 1. The van der Waals surface area contributed by atoms with Gasteiger partial charge < -0.3 is 19.4 Å². The maximum atomic E-state index is 12.1. The minimum Gasteiger partial charge on any atom is -0.484 e. The van der Waals surface area contributed by atoms with Crippen molar-refractivity contribution in [3.8, 4) is 5.75 Å². The number of amides is 1. The minimum absolute atomic E-state index is 0.0662. The predicted molar refractivity (Wildman–Crippen MR) is 109 cm³/mol. The normalized spacial score (nSPS) is 15.0. The fraction of sp³-hybridized carbons (Fsp3) is 0.364. The standard InChI is InChI=1S/C22H24N2O4/c25-21(23-10-13-24-11-4-1-5-12-24)15-27-16-8-9-18-17-6-2-3-7-19(17)22(26)28-20(18)14-16/h2-3,6-9,14H,1,4-5,10-13,15H2,(H,23,25). The lowest BCUT2D eigenvalue weighted by Gasteiger charge is -2.26. The van der Waals surface area contributed by atoms with Crippen LogP contribution in [0.1, 0.15) is 19.3 Å². The highest BCUT2D eigenvalue weighted by molar-refractivity contribution is 6.04. The van der Waals surface area contributed by atoms with Crippen LogP contribution < -0.4 is 15.7 Å². The highest BCUT2D eigenvalue weighted by Crippen LogP contribution is 2.26. The summed E-state index contributed by atoms with van der Waals surface area (Å²) in [5, 5.41) is 5.13. The van der Waals surface area contributed by atoms with Crippen molar-refractivity contribution in [2.45, 2.75) is 19.3 Å². The third-order valence-electron chi connectivity index (χ3n) is 5.16. The van der Waals surface area contributed by atoms with Crippen LogP contribution in [0.2, 0.25) is 0 Å². The van der Waals surface area contributed by atoms with Crippen LogP contribution in [0.4, 0.5) is 0 Å². The van der Waals surface area contributed by atoms with E-state index in [-0.39, 0.29) is 18.1 Å². The van der Waals surface area contributed by atoms with E-state index in [1.165, 1.54) is 19.3 Å². The number of likely N-dealkylation sites (tertiary alicyclic amines) is 1. The van der Waals surface area contributed by atoms with Crippen molar-refractivity contribution >= 4 is 27.6 Å². The fourth-order valence-electron chi connectivity index (χ4n) is 3.69. The highest BCUT2D eigenvalue weighted by atomic mass is 16.5. The molecule has 0 saturated carbocycles. The highest BCUT2D eigenvalue weighted by Gasteiger charge is 2.11. The zero-order valence-corrected chi connectivity index (χ0v) is 15.8. The Labute approximate surface area is 163 Å². The van der Waals surface area contributed by atoms with E-state index in [1.54, 1.807) is 18.2 Å². The molecule has 6 heteroatoms. The first kappa shape index (κ1) is 18.5. The maximum Gasteiger partial charge on any atom is 0.344 e. The molecule has 4 rings (SSSR count). The van der Waals surface area contributed by atoms with E-state index >= 15 is 0 Å². The number of rotatable bonds is 6. The van der Waals surface area contributed by atoms with Crippen LogP contribution in [0.25, 0.3) is 21.7 Å². The largest absolute Gasteiger partial charge is 0.484 e. The second-order valence-electron chi connectivity index (χ2n) is 7.13. The Balaban J connectivity index is 1.36. The molecule has 1 saturated heterocycles. The summed E-state index contributed by atoms with van der Waals surface area (Å²) in [4.78, 5) is 26.5.